The molecule has 0 saturated heterocycles. The molecule has 0 atom stereocenters. The lowest BCUT2D eigenvalue weighted by molar-refractivity contribution is 0.0685. The minimum Gasteiger partial charge on any atom is -0.477 e. The number of aryl methyl sites for hydroxylation is 2. The predicted molar refractivity (Wildman–Crippen MR) is 107 cm³/mol. The van der Waals surface area contributed by atoms with Gasteiger partial charge in [-0.1, -0.05) is 66.2 Å². The largest absolute Gasteiger partial charge is 0.477 e. The summed E-state index contributed by atoms with van der Waals surface area (Å²) in [6, 6.07) is 22.3. The molecule has 0 unspecified atom stereocenters. The predicted octanol–water partition coefficient (Wildman–Crippen LogP) is 5.07. The van der Waals surface area contributed by atoms with Crippen LogP contribution >= 0.6 is 0 Å². The fourth-order valence-corrected chi connectivity index (χ4v) is 3.60. The lowest BCUT2D eigenvalue weighted by atomic mass is 10.0. The van der Waals surface area contributed by atoms with Gasteiger partial charge < -0.3 is 9.67 Å². The quantitative estimate of drug-likeness (QED) is 0.556. The van der Waals surface area contributed by atoms with E-state index in [0.29, 0.717) is 18.1 Å². The van der Waals surface area contributed by atoms with Crippen molar-refractivity contribution in [2.75, 3.05) is 0 Å². The summed E-state index contributed by atoms with van der Waals surface area (Å²) in [5, 5.41) is 12.1. The molecule has 3 aromatic carbocycles. The molecule has 0 aliphatic rings. The number of hydrogen-bond donors (Lipinski definition) is 1. The molecule has 0 amide bonds. The van der Waals surface area contributed by atoms with Gasteiger partial charge in [-0.25, -0.2) is 9.78 Å². The van der Waals surface area contributed by atoms with E-state index >= 15 is 0 Å². The van der Waals surface area contributed by atoms with E-state index in [9.17, 15) is 9.90 Å². The van der Waals surface area contributed by atoms with Gasteiger partial charge in [0.25, 0.3) is 0 Å². The molecule has 0 radical (unpaired) electrons. The number of rotatable bonds is 4. The number of aromatic nitrogens is 2. The number of carboxylic acid groups (broad SMARTS) is 1. The number of benzene rings is 3. The van der Waals surface area contributed by atoms with Crippen molar-refractivity contribution in [1.29, 1.82) is 0 Å². The maximum absolute atomic E-state index is 11.9. The highest BCUT2D eigenvalue weighted by molar-refractivity contribution is 5.89. The van der Waals surface area contributed by atoms with Crippen molar-refractivity contribution < 1.29 is 9.90 Å². The van der Waals surface area contributed by atoms with Crippen LogP contribution in [0.1, 0.15) is 27.3 Å². The number of fused-ring (bicyclic) bond motifs is 1. The van der Waals surface area contributed by atoms with Crippen molar-refractivity contribution in [3.05, 3.63) is 89.2 Å². The number of nitrogens with zero attached hydrogens (tertiary/aromatic N) is 2. The molecular formula is C23H20N2O2. The molecule has 0 aliphatic heterocycles. The summed E-state index contributed by atoms with van der Waals surface area (Å²) in [4.78, 5) is 16.5. The maximum atomic E-state index is 11.9. The summed E-state index contributed by atoms with van der Waals surface area (Å²) in [7, 11) is 0. The molecule has 0 saturated carbocycles. The Kier molecular flexibility index (Phi) is 4.24. The third-order valence-electron chi connectivity index (χ3n) is 4.83. The second-order valence-corrected chi connectivity index (χ2v) is 6.77. The summed E-state index contributed by atoms with van der Waals surface area (Å²) in [5.74, 6) is -0.277. The van der Waals surface area contributed by atoms with Crippen LogP contribution in [0.4, 0.5) is 0 Å². The van der Waals surface area contributed by atoms with Gasteiger partial charge in [-0.3, -0.25) is 0 Å². The van der Waals surface area contributed by atoms with E-state index in [2.05, 4.69) is 23.2 Å². The summed E-state index contributed by atoms with van der Waals surface area (Å²) < 4.78 is 1.81. The van der Waals surface area contributed by atoms with Gasteiger partial charge >= 0.3 is 5.97 Å². The zero-order valence-corrected chi connectivity index (χ0v) is 15.3. The average molecular weight is 356 g/mol. The number of carbonyl (C=O) groups is 1. The lowest BCUT2D eigenvalue weighted by Crippen LogP contribution is -2.12. The second-order valence-electron chi connectivity index (χ2n) is 6.77. The zero-order chi connectivity index (χ0) is 19.0. The van der Waals surface area contributed by atoms with Gasteiger partial charge in [0.2, 0.25) is 0 Å². The van der Waals surface area contributed by atoms with E-state index < -0.39 is 5.97 Å². The first-order chi connectivity index (χ1) is 13.0. The van der Waals surface area contributed by atoms with Crippen LogP contribution in [0.2, 0.25) is 0 Å². The third kappa shape index (κ3) is 3.10. The Morgan fingerprint density at radius 1 is 1.00 bits per heavy atom. The summed E-state index contributed by atoms with van der Waals surface area (Å²) >= 11 is 0. The Morgan fingerprint density at radius 3 is 2.52 bits per heavy atom. The summed E-state index contributed by atoms with van der Waals surface area (Å²) in [6.07, 6.45) is 0. The average Bonchev–Trinajstić information content (AvgIpc) is 2.98. The first-order valence-corrected chi connectivity index (χ1v) is 8.88. The first-order valence-electron chi connectivity index (χ1n) is 8.88. The Labute approximate surface area is 157 Å². The van der Waals surface area contributed by atoms with Gasteiger partial charge in [-0.2, -0.15) is 0 Å². The van der Waals surface area contributed by atoms with Gasteiger partial charge in [-0.15, -0.1) is 0 Å². The molecule has 0 aliphatic carbocycles. The second kappa shape index (κ2) is 6.72. The van der Waals surface area contributed by atoms with Crippen molar-refractivity contribution in [1.82, 2.24) is 9.55 Å². The number of imidazole rings is 1. The van der Waals surface area contributed by atoms with Crippen LogP contribution in [0.15, 0.2) is 66.7 Å². The lowest BCUT2D eigenvalue weighted by Gasteiger charge is -2.13. The van der Waals surface area contributed by atoms with Crippen LogP contribution in [0, 0.1) is 13.8 Å². The molecule has 4 nitrogen and oxygen atoms in total. The highest BCUT2D eigenvalue weighted by Gasteiger charge is 2.21. The molecule has 4 rings (SSSR count). The van der Waals surface area contributed by atoms with Gasteiger partial charge in [-0.05, 0) is 36.2 Å². The van der Waals surface area contributed by atoms with E-state index in [1.54, 1.807) is 6.92 Å². The first kappa shape index (κ1) is 17.0. The van der Waals surface area contributed by atoms with E-state index in [-0.39, 0.29) is 5.69 Å². The molecule has 0 spiro atoms. The van der Waals surface area contributed by atoms with Crippen molar-refractivity contribution in [3.63, 3.8) is 0 Å². The Hall–Kier alpha value is -3.40. The molecule has 1 heterocycles. The molecule has 4 heteroatoms. The third-order valence-corrected chi connectivity index (χ3v) is 4.83. The van der Waals surface area contributed by atoms with Crippen molar-refractivity contribution >= 4 is 16.7 Å². The van der Waals surface area contributed by atoms with E-state index in [1.807, 2.05) is 60.0 Å². The minimum atomic E-state index is -0.959. The summed E-state index contributed by atoms with van der Waals surface area (Å²) in [5.41, 5.74) is 3.87. The fourth-order valence-electron chi connectivity index (χ4n) is 3.60. The van der Waals surface area contributed by atoms with Crippen molar-refractivity contribution in [2.45, 2.75) is 20.4 Å². The van der Waals surface area contributed by atoms with E-state index in [4.69, 9.17) is 0 Å². The molecule has 0 fully saturated rings. The van der Waals surface area contributed by atoms with Crippen LogP contribution in [-0.4, -0.2) is 20.6 Å². The van der Waals surface area contributed by atoms with Gasteiger partial charge in [0.1, 0.15) is 5.82 Å². The minimum absolute atomic E-state index is 0.236. The number of aromatic carboxylic acids is 1. The molecule has 1 N–H and O–H groups in total. The zero-order valence-electron chi connectivity index (χ0n) is 15.3. The van der Waals surface area contributed by atoms with Crippen LogP contribution in [0.3, 0.4) is 0 Å². The topological polar surface area (TPSA) is 55.1 Å². The number of carboxylic acids is 1. The van der Waals surface area contributed by atoms with Crippen LogP contribution in [0.5, 0.6) is 0 Å². The molecule has 27 heavy (non-hydrogen) atoms. The summed E-state index contributed by atoms with van der Waals surface area (Å²) in [6.45, 7) is 4.22. The molecule has 0 bridgehead atoms. The Bertz CT molecular complexity index is 1150. The molecule has 1 aromatic heterocycles. The maximum Gasteiger partial charge on any atom is 0.354 e. The van der Waals surface area contributed by atoms with E-state index in [0.717, 1.165) is 27.5 Å². The monoisotopic (exact) mass is 356 g/mol. The molecular weight excluding hydrogens is 336 g/mol. The molecule has 4 aromatic rings. The van der Waals surface area contributed by atoms with Crippen LogP contribution in [0.25, 0.3) is 22.2 Å². The number of hydrogen-bond acceptors (Lipinski definition) is 2. The van der Waals surface area contributed by atoms with Gasteiger partial charge in [0, 0.05) is 5.56 Å². The Balaban J connectivity index is 1.92. The Morgan fingerprint density at radius 2 is 1.74 bits per heavy atom. The van der Waals surface area contributed by atoms with Crippen LogP contribution in [-0.2, 0) is 6.54 Å². The van der Waals surface area contributed by atoms with E-state index in [1.165, 1.54) is 0 Å². The van der Waals surface area contributed by atoms with Crippen LogP contribution < -0.4 is 0 Å². The highest BCUT2D eigenvalue weighted by Crippen LogP contribution is 2.27. The fraction of sp³-hybridized carbons (Fsp3) is 0.130. The van der Waals surface area contributed by atoms with Crippen molar-refractivity contribution in [2.24, 2.45) is 0 Å². The van der Waals surface area contributed by atoms with Gasteiger partial charge in [0.05, 0.1) is 12.2 Å². The van der Waals surface area contributed by atoms with Gasteiger partial charge in [0.15, 0.2) is 5.69 Å². The molecule has 134 valence electrons. The SMILES string of the molecule is Cc1cccc(-c2nc(C)c(C(=O)O)n2Cc2cccc3ccccc23)c1. The van der Waals surface area contributed by atoms with Crippen molar-refractivity contribution in [3.8, 4) is 11.4 Å². The normalized spacial score (nSPS) is 11.0. The standard InChI is InChI=1S/C23H20N2O2/c1-15-7-5-10-18(13-15)22-24-16(2)21(23(26)27)25(22)14-19-11-6-9-17-8-3-4-12-20(17)19/h3-13H,14H2,1-2H3,(H,26,27). The smallest absolute Gasteiger partial charge is 0.354 e. The highest BCUT2D eigenvalue weighted by atomic mass is 16.4.